The van der Waals surface area contributed by atoms with Crippen LogP contribution in [-0.4, -0.2) is 41.3 Å². The quantitative estimate of drug-likeness (QED) is 0.249. The summed E-state index contributed by atoms with van der Waals surface area (Å²) in [4.78, 5) is 18.7. The largest absolute Gasteiger partial charge is 0.493 e. The van der Waals surface area contributed by atoms with E-state index in [9.17, 15) is 23.3 Å². The van der Waals surface area contributed by atoms with E-state index in [4.69, 9.17) is 25.8 Å². The third-order valence-electron chi connectivity index (χ3n) is 5.47. The molecule has 2 heterocycles. The van der Waals surface area contributed by atoms with Crippen LogP contribution in [0.2, 0.25) is 5.28 Å². The van der Waals surface area contributed by atoms with Gasteiger partial charge in [0.05, 0.1) is 42.4 Å². The predicted molar refractivity (Wildman–Crippen MR) is 121 cm³/mol. The molecule has 1 saturated heterocycles. The first-order valence-electron chi connectivity index (χ1n) is 10.5. The number of non-ortho nitro benzene ring substituents is 1. The lowest BCUT2D eigenvalue weighted by molar-refractivity contribution is -0.385. The van der Waals surface area contributed by atoms with Gasteiger partial charge in [-0.05, 0) is 36.2 Å². The van der Waals surface area contributed by atoms with Crippen molar-refractivity contribution in [2.45, 2.75) is 31.7 Å². The third-order valence-corrected chi connectivity index (χ3v) is 5.64. The Labute approximate surface area is 202 Å². The molecule has 2 aromatic carbocycles. The molecule has 1 aliphatic heterocycles. The smallest absolute Gasteiger partial charge is 0.416 e. The van der Waals surface area contributed by atoms with Gasteiger partial charge in [-0.2, -0.15) is 13.2 Å². The van der Waals surface area contributed by atoms with Crippen molar-refractivity contribution in [3.63, 3.8) is 0 Å². The molecule has 0 bridgehead atoms. The van der Waals surface area contributed by atoms with Crippen molar-refractivity contribution in [2.24, 2.45) is 0 Å². The molecule has 9 nitrogen and oxygen atoms in total. The molecule has 1 N–H and O–H groups in total. The van der Waals surface area contributed by atoms with Crippen molar-refractivity contribution >= 4 is 34.0 Å². The number of hydrogen-bond acceptors (Lipinski definition) is 8. The number of halogens is 4. The molecule has 1 aromatic heterocycles. The fourth-order valence-electron chi connectivity index (χ4n) is 3.70. The van der Waals surface area contributed by atoms with Crippen LogP contribution in [0.1, 0.15) is 30.5 Å². The van der Waals surface area contributed by atoms with Gasteiger partial charge < -0.3 is 19.5 Å². The van der Waals surface area contributed by atoms with Gasteiger partial charge >= 0.3 is 6.18 Å². The zero-order chi connectivity index (χ0) is 25.3. The van der Waals surface area contributed by atoms with Gasteiger partial charge in [0.15, 0.2) is 11.5 Å². The van der Waals surface area contributed by atoms with Crippen LogP contribution < -0.4 is 14.8 Å². The number of hydrogen-bond donors (Lipinski definition) is 1. The van der Waals surface area contributed by atoms with E-state index >= 15 is 0 Å². The molecular formula is C22H20ClF3N4O5. The summed E-state index contributed by atoms with van der Waals surface area (Å²) in [5.41, 5.74) is -1.35. The summed E-state index contributed by atoms with van der Waals surface area (Å²) in [7, 11) is 1.48. The lowest BCUT2D eigenvalue weighted by Crippen LogP contribution is -2.16. The fraction of sp³-hybridized carbons (Fsp3) is 0.364. The van der Waals surface area contributed by atoms with E-state index in [-0.39, 0.29) is 22.8 Å². The van der Waals surface area contributed by atoms with Gasteiger partial charge in [0.1, 0.15) is 11.9 Å². The standard InChI is InChI=1S/C22H20ClF3N4O5/c1-11(12-5-13(22(24,25)26)7-14(6-12)30(31)32)27-20-16-8-19(35-15-3-4-34-10-15)18(33-2)9-17(16)28-21(23)29-20/h5-9,11,15H,3-4,10H2,1-2H3,(H,27,28,29)/t11-,15+/m1/s1. The van der Waals surface area contributed by atoms with Gasteiger partial charge in [-0.3, -0.25) is 10.1 Å². The number of nitro groups is 1. The van der Waals surface area contributed by atoms with Gasteiger partial charge in [-0.1, -0.05) is 0 Å². The zero-order valence-electron chi connectivity index (χ0n) is 18.6. The van der Waals surface area contributed by atoms with Crippen molar-refractivity contribution in [2.75, 3.05) is 25.6 Å². The Kier molecular flexibility index (Phi) is 6.86. The lowest BCUT2D eigenvalue weighted by Gasteiger charge is -2.19. The van der Waals surface area contributed by atoms with E-state index < -0.39 is 28.4 Å². The second-order valence-electron chi connectivity index (χ2n) is 7.90. The van der Waals surface area contributed by atoms with Crippen LogP contribution >= 0.6 is 11.6 Å². The number of anilines is 1. The lowest BCUT2D eigenvalue weighted by atomic mass is 10.0. The molecule has 13 heteroatoms. The Morgan fingerprint density at radius 1 is 1.23 bits per heavy atom. The molecule has 186 valence electrons. The first-order valence-corrected chi connectivity index (χ1v) is 10.9. The summed E-state index contributed by atoms with van der Waals surface area (Å²) in [6, 6.07) is 4.88. The SMILES string of the molecule is COc1cc2nc(Cl)nc(N[C@H](C)c3cc([N+](=O)[O-])cc(C(F)(F)F)c3)c2cc1O[C@H]1CCOC1. The second kappa shape index (κ2) is 9.70. The molecule has 0 saturated carbocycles. The van der Waals surface area contributed by atoms with E-state index in [2.05, 4.69) is 15.3 Å². The molecule has 0 aliphatic carbocycles. The van der Waals surface area contributed by atoms with Gasteiger partial charge in [0.25, 0.3) is 5.69 Å². The number of alkyl halides is 3. The fourth-order valence-corrected chi connectivity index (χ4v) is 3.87. The number of methoxy groups -OCH3 is 1. The number of aromatic nitrogens is 2. The minimum atomic E-state index is -4.75. The van der Waals surface area contributed by atoms with Crippen molar-refractivity contribution in [1.29, 1.82) is 0 Å². The van der Waals surface area contributed by atoms with E-state index in [0.717, 1.165) is 12.1 Å². The van der Waals surface area contributed by atoms with Crippen molar-refractivity contribution < 1.29 is 32.3 Å². The molecule has 3 aromatic rings. The minimum absolute atomic E-state index is 0.0440. The average Bonchev–Trinajstić information content (AvgIpc) is 3.31. The summed E-state index contributed by atoms with van der Waals surface area (Å²) < 4.78 is 56.8. The number of benzene rings is 2. The molecule has 1 fully saturated rings. The van der Waals surface area contributed by atoms with Crippen LogP contribution in [0.3, 0.4) is 0 Å². The maximum atomic E-state index is 13.3. The van der Waals surface area contributed by atoms with Crippen molar-refractivity contribution in [1.82, 2.24) is 9.97 Å². The molecule has 0 amide bonds. The highest BCUT2D eigenvalue weighted by Crippen LogP contribution is 2.38. The zero-order valence-corrected chi connectivity index (χ0v) is 19.3. The normalized spacial score (nSPS) is 16.8. The first-order chi connectivity index (χ1) is 16.5. The number of rotatable bonds is 7. The third kappa shape index (κ3) is 5.49. The highest BCUT2D eigenvalue weighted by Gasteiger charge is 2.33. The van der Waals surface area contributed by atoms with Crippen molar-refractivity contribution in [3.05, 3.63) is 56.9 Å². The Hall–Kier alpha value is -3.38. The number of nitro benzene ring substituents is 1. The maximum Gasteiger partial charge on any atom is 0.416 e. The summed E-state index contributed by atoms with van der Waals surface area (Å²) in [6.07, 6.45) is -4.22. The molecule has 0 unspecified atom stereocenters. The van der Waals surface area contributed by atoms with Crippen LogP contribution in [0.15, 0.2) is 30.3 Å². The Morgan fingerprint density at radius 3 is 2.63 bits per heavy atom. The first kappa shape index (κ1) is 24.7. The molecule has 1 aliphatic rings. The molecule has 0 spiro atoms. The summed E-state index contributed by atoms with van der Waals surface area (Å²) in [5, 5.41) is 14.6. The summed E-state index contributed by atoms with van der Waals surface area (Å²) >= 11 is 6.09. The highest BCUT2D eigenvalue weighted by atomic mass is 35.5. The van der Waals surface area contributed by atoms with Gasteiger partial charge in [0.2, 0.25) is 5.28 Å². The Morgan fingerprint density at radius 2 is 2.00 bits per heavy atom. The van der Waals surface area contributed by atoms with Gasteiger partial charge in [-0.15, -0.1) is 0 Å². The molecule has 4 rings (SSSR count). The number of nitrogens with zero attached hydrogens (tertiary/aromatic N) is 3. The van der Waals surface area contributed by atoms with Gasteiger partial charge in [0, 0.05) is 30.0 Å². The number of fused-ring (bicyclic) bond motifs is 1. The van der Waals surface area contributed by atoms with Crippen LogP contribution in [0.4, 0.5) is 24.7 Å². The van der Waals surface area contributed by atoms with Crippen LogP contribution in [0.25, 0.3) is 10.9 Å². The Balaban J connectivity index is 1.74. The second-order valence-corrected chi connectivity index (χ2v) is 8.24. The highest BCUT2D eigenvalue weighted by molar-refractivity contribution is 6.28. The van der Waals surface area contributed by atoms with Crippen LogP contribution in [0.5, 0.6) is 11.5 Å². The topological polar surface area (TPSA) is 109 Å². The molecule has 2 atom stereocenters. The van der Waals surface area contributed by atoms with E-state index in [0.29, 0.717) is 48.1 Å². The number of ether oxygens (including phenoxy) is 3. The summed E-state index contributed by atoms with van der Waals surface area (Å²) in [5.74, 6) is 1.03. The Bertz CT molecular complexity index is 1270. The van der Waals surface area contributed by atoms with Crippen LogP contribution in [0, 0.1) is 10.1 Å². The predicted octanol–water partition coefficient (Wildman–Crippen LogP) is 5.56. The average molecular weight is 513 g/mol. The summed E-state index contributed by atoms with van der Waals surface area (Å²) in [6.45, 7) is 2.55. The van der Waals surface area contributed by atoms with E-state index in [1.165, 1.54) is 7.11 Å². The molecule has 0 radical (unpaired) electrons. The minimum Gasteiger partial charge on any atom is -0.493 e. The van der Waals surface area contributed by atoms with Crippen LogP contribution in [-0.2, 0) is 10.9 Å². The monoisotopic (exact) mass is 512 g/mol. The molecule has 35 heavy (non-hydrogen) atoms. The van der Waals surface area contributed by atoms with E-state index in [1.54, 1.807) is 19.1 Å². The molecular weight excluding hydrogens is 493 g/mol. The van der Waals surface area contributed by atoms with E-state index in [1.807, 2.05) is 0 Å². The van der Waals surface area contributed by atoms with Crippen molar-refractivity contribution in [3.8, 4) is 11.5 Å². The van der Waals surface area contributed by atoms with Gasteiger partial charge in [-0.25, -0.2) is 9.97 Å². The number of nitrogens with one attached hydrogen (secondary N) is 1. The maximum absolute atomic E-state index is 13.3.